The summed E-state index contributed by atoms with van der Waals surface area (Å²) in [5.74, 6) is 0.313. The van der Waals surface area contributed by atoms with E-state index in [-0.39, 0.29) is 10.8 Å². The number of sulfonamides is 1. The van der Waals surface area contributed by atoms with Gasteiger partial charge in [-0.05, 0) is 48.6 Å². The van der Waals surface area contributed by atoms with Crippen LogP contribution in [0.2, 0.25) is 0 Å². The Morgan fingerprint density at radius 2 is 1.88 bits per heavy atom. The first-order valence-electron chi connectivity index (χ1n) is 7.47. The van der Waals surface area contributed by atoms with E-state index in [0.29, 0.717) is 24.3 Å². The molecule has 0 aliphatic heterocycles. The molecule has 0 atom stereocenters. The molecule has 25 heavy (non-hydrogen) atoms. The first kappa shape index (κ1) is 19.3. The maximum absolute atomic E-state index is 12.3. The third kappa shape index (κ3) is 5.22. The molecule has 2 rings (SSSR count). The standard InChI is InChI=1S/C17H20N2O4S2/c1-23-16-11-13(24-2)5-8-15(16)17(20)19-10-9-12-3-6-14(7-4-12)25(18,21)22/h3-8,11H,9-10H2,1-2H3,(H,19,20)(H2,18,21,22). The van der Waals surface area contributed by atoms with Gasteiger partial charge in [0.2, 0.25) is 10.0 Å². The van der Waals surface area contributed by atoms with Crippen molar-refractivity contribution in [3.8, 4) is 5.75 Å². The molecule has 0 spiro atoms. The number of nitrogens with two attached hydrogens (primary N) is 1. The van der Waals surface area contributed by atoms with Crippen molar-refractivity contribution in [2.24, 2.45) is 5.14 Å². The number of primary sulfonamides is 1. The van der Waals surface area contributed by atoms with E-state index in [2.05, 4.69) is 5.32 Å². The SMILES string of the molecule is COc1cc(SC)ccc1C(=O)NCCc1ccc(S(N)(=O)=O)cc1. The third-order valence-corrected chi connectivity index (χ3v) is 5.26. The number of amides is 1. The van der Waals surface area contributed by atoms with Gasteiger partial charge in [-0.15, -0.1) is 11.8 Å². The fourth-order valence-corrected chi connectivity index (χ4v) is 3.19. The summed E-state index contributed by atoms with van der Waals surface area (Å²) >= 11 is 1.57. The summed E-state index contributed by atoms with van der Waals surface area (Å²) in [6.07, 6.45) is 2.53. The van der Waals surface area contributed by atoms with E-state index in [1.54, 1.807) is 30.0 Å². The second-order valence-electron chi connectivity index (χ2n) is 5.26. The van der Waals surface area contributed by atoms with Crippen LogP contribution in [0.4, 0.5) is 0 Å². The predicted octanol–water partition coefficient (Wildman–Crippen LogP) is 2.04. The molecule has 0 aromatic heterocycles. The fraction of sp³-hybridized carbons (Fsp3) is 0.235. The first-order chi connectivity index (χ1) is 11.8. The van der Waals surface area contributed by atoms with Crippen molar-refractivity contribution in [2.75, 3.05) is 19.9 Å². The minimum atomic E-state index is -3.69. The van der Waals surface area contributed by atoms with Crippen LogP contribution in [0.15, 0.2) is 52.3 Å². The predicted molar refractivity (Wildman–Crippen MR) is 98.6 cm³/mol. The van der Waals surface area contributed by atoms with Crippen LogP contribution in [0, 0.1) is 0 Å². The number of benzene rings is 2. The van der Waals surface area contributed by atoms with Gasteiger partial charge in [0.25, 0.3) is 5.91 Å². The maximum Gasteiger partial charge on any atom is 0.255 e. The zero-order valence-electron chi connectivity index (χ0n) is 14.0. The fourth-order valence-electron chi connectivity index (χ4n) is 2.25. The lowest BCUT2D eigenvalue weighted by molar-refractivity contribution is 0.0951. The summed E-state index contributed by atoms with van der Waals surface area (Å²) in [5, 5.41) is 7.90. The Morgan fingerprint density at radius 1 is 1.20 bits per heavy atom. The molecule has 0 saturated carbocycles. The summed E-state index contributed by atoms with van der Waals surface area (Å²) in [6, 6.07) is 11.7. The quantitative estimate of drug-likeness (QED) is 0.716. The number of hydrogen-bond acceptors (Lipinski definition) is 5. The van der Waals surface area contributed by atoms with Gasteiger partial charge in [0.15, 0.2) is 0 Å². The highest BCUT2D eigenvalue weighted by Crippen LogP contribution is 2.25. The Kier molecular flexibility index (Phi) is 6.46. The van der Waals surface area contributed by atoms with Gasteiger partial charge in [-0.25, -0.2) is 13.6 Å². The third-order valence-electron chi connectivity index (χ3n) is 3.60. The van der Waals surface area contributed by atoms with E-state index in [0.717, 1.165) is 10.5 Å². The minimum Gasteiger partial charge on any atom is -0.496 e. The van der Waals surface area contributed by atoms with Crippen molar-refractivity contribution in [1.82, 2.24) is 5.32 Å². The number of rotatable bonds is 7. The van der Waals surface area contributed by atoms with Crippen molar-refractivity contribution >= 4 is 27.7 Å². The molecule has 0 radical (unpaired) electrons. The molecule has 8 heteroatoms. The molecule has 2 aromatic carbocycles. The van der Waals surface area contributed by atoms with Crippen LogP contribution < -0.4 is 15.2 Å². The van der Waals surface area contributed by atoms with Crippen molar-refractivity contribution in [3.05, 3.63) is 53.6 Å². The molecule has 0 aliphatic rings. The van der Waals surface area contributed by atoms with E-state index >= 15 is 0 Å². The number of thioether (sulfide) groups is 1. The molecule has 0 unspecified atom stereocenters. The van der Waals surface area contributed by atoms with Crippen molar-refractivity contribution in [3.63, 3.8) is 0 Å². The van der Waals surface area contributed by atoms with E-state index in [1.165, 1.54) is 19.2 Å². The monoisotopic (exact) mass is 380 g/mol. The van der Waals surface area contributed by atoms with Crippen LogP contribution in [0.5, 0.6) is 5.75 Å². The lowest BCUT2D eigenvalue weighted by Gasteiger charge is -2.10. The Hall–Kier alpha value is -2.03. The first-order valence-corrected chi connectivity index (χ1v) is 10.2. The molecule has 3 N–H and O–H groups in total. The summed E-state index contributed by atoms with van der Waals surface area (Å²) < 4.78 is 27.7. The van der Waals surface area contributed by atoms with Crippen molar-refractivity contribution in [2.45, 2.75) is 16.2 Å². The van der Waals surface area contributed by atoms with Crippen LogP contribution in [-0.2, 0) is 16.4 Å². The lowest BCUT2D eigenvalue weighted by Crippen LogP contribution is -2.26. The van der Waals surface area contributed by atoms with Crippen LogP contribution in [0.3, 0.4) is 0 Å². The Morgan fingerprint density at radius 3 is 2.44 bits per heavy atom. The van der Waals surface area contributed by atoms with Gasteiger partial charge in [-0.2, -0.15) is 0 Å². The highest BCUT2D eigenvalue weighted by molar-refractivity contribution is 7.98. The van der Waals surface area contributed by atoms with Gasteiger partial charge in [0.1, 0.15) is 5.75 Å². The van der Waals surface area contributed by atoms with Gasteiger partial charge < -0.3 is 10.1 Å². The summed E-state index contributed by atoms with van der Waals surface area (Å²) in [6.45, 7) is 0.418. The molecular formula is C17H20N2O4S2. The average Bonchev–Trinajstić information content (AvgIpc) is 2.60. The van der Waals surface area contributed by atoms with E-state index < -0.39 is 10.0 Å². The van der Waals surface area contributed by atoms with E-state index in [9.17, 15) is 13.2 Å². The molecular weight excluding hydrogens is 360 g/mol. The summed E-state index contributed by atoms with van der Waals surface area (Å²) in [5.41, 5.74) is 1.38. The zero-order chi connectivity index (χ0) is 18.4. The number of carbonyl (C=O) groups excluding carboxylic acids is 1. The highest BCUT2D eigenvalue weighted by atomic mass is 32.2. The largest absolute Gasteiger partial charge is 0.496 e. The highest BCUT2D eigenvalue weighted by Gasteiger charge is 2.12. The Labute approximate surface area is 151 Å². The second-order valence-corrected chi connectivity index (χ2v) is 7.70. The van der Waals surface area contributed by atoms with E-state index in [1.807, 2.05) is 18.4 Å². The van der Waals surface area contributed by atoms with Gasteiger partial charge >= 0.3 is 0 Å². The van der Waals surface area contributed by atoms with Crippen LogP contribution in [0.25, 0.3) is 0 Å². The minimum absolute atomic E-state index is 0.0684. The Bertz CT molecular complexity index is 849. The number of carbonyl (C=O) groups is 1. The van der Waals surface area contributed by atoms with Crippen LogP contribution in [-0.4, -0.2) is 34.2 Å². The zero-order valence-corrected chi connectivity index (χ0v) is 15.6. The molecule has 0 aliphatic carbocycles. The Balaban J connectivity index is 1.96. The molecule has 0 heterocycles. The van der Waals surface area contributed by atoms with Gasteiger partial charge in [0.05, 0.1) is 17.6 Å². The van der Waals surface area contributed by atoms with Crippen LogP contribution in [0.1, 0.15) is 15.9 Å². The van der Waals surface area contributed by atoms with Gasteiger partial charge in [0, 0.05) is 11.4 Å². The van der Waals surface area contributed by atoms with Crippen LogP contribution >= 0.6 is 11.8 Å². The number of hydrogen-bond donors (Lipinski definition) is 2. The van der Waals surface area contributed by atoms with Gasteiger partial charge in [-0.1, -0.05) is 12.1 Å². The van der Waals surface area contributed by atoms with Gasteiger partial charge in [-0.3, -0.25) is 4.79 Å². The second kappa shape index (κ2) is 8.37. The topological polar surface area (TPSA) is 98.5 Å². The molecule has 134 valence electrons. The average molecular weight is 380 g/mol. The smallest absolute Gasteiger partial charge is 0.255 e. The summed E-state index contributed by atoms with van der Waals surface area (Å²) in [4.78, 5) is 13.4. The summed E-state index contributed by atoms with van der Waals surface area (Å²) in [7, 11) is -2.16. The number of nitrogens with one attached hydrogen (secondary N) is 1. The molecule has 6 nitrogen and oxygen atoms in total. The molecule has 0 fully saturated rings. The molecule has 2 aromatic rings. The lowest BCUT2D eigenvalue weighted by atomic mass is 10.1. The number of ether oxygens (including phenoxy) is 1. The van der Waals surface area contributed by atoms with Crippen molar-refractivity contribution in [1.29, 1.82) is 0 Å². The van der Waals surface area contributed by atoms with E-state index in [4.69, 9.17) is 9.88 Å². The van der Waals surface area contributed by atoms with Crippen molar-refractivity contribution < 1.29 is 17.9 Å². The molecule has 0 bridgehead atoms. The molecule has 1 amide bonds. The number of methoxy groups -OCH3 is 1. The normalized spacial score (nSPS) is 11.2. The maximum atomic E-state index is 12.3. The molecule has 0 saturated heterocycles.